The van der Waals surface area contributed by atoms with E-state index in [0.29, 0.717) is 18.9 Å². The van der Waals surface area contributed by atoms with Crippen molar-refractivity contribution in [3.8, 4) is 0 Å². The molecule has 2 rings (SSSR count). The summed E-state index contributed by atoms with van der Waals surface area (Å²) in [5, 5.41) is 2.87. The minimum absolute atomic E-state index is 0.0393. The van der Waals surface area contributed by atoms with Crippen molar-refractivity contribution in [2.45, 2.75) is 39.3 Å². The number of carbonyl (C=O) groups is 2. The van der Waals surface area contributed by atoms with E-state index in [1.54, 1.807) is 0 Å². The lowest BCUT2D eigenvalue weighted by Gasteiger charge is -2.36. The Bertz CT molecular complexity index is 504. The van der Waals surface area contributed by atoms with Crippen LogP contribution in [0, 0.1) is 5.92 Å². The smallest absolute Gasteiger partial charge is 0.407 e. The number of ether oxygens (including phenoxy) is 1. The molecular formula is C17H24N2O3. The van der Waals surface area contributed by atoms with Crippen molar-refractivity contribution >= 4 is 12.0 Å². The third kappa shape index (κ3) is 4.76. The van der Waals surface area contributed by atoms with Crippen LogP contribution in [0.3, 0.4) is 0 Å². The number of rotatable bonds is 4. The van der Waals surface area contributed by atoms with Gasteiger partial charge >= 0.3 is 6.09 Å². The van der Waals surface area contributed by atoms with Crippen LogP contribution < -0.4 is 5.32 Å². The standard InChI is InChI=1S/C17H24N2O3/c1-3-16(20)19-10-13(2)9-15(11-19)18-17(21)22-12-14-7-5-4-6-8-14/h4-8,13,15H,3,9-12H2,1-2H3,(H,18,21). The molecule has 0 saturated carbocycles. The van der Waals surface area contributed by atoms with E-state index in [1.165, 1.54) is 0 Å². The van der Waals surface area contributed by atoms with Crippen LogP contribution >= 0.6 is 0 Å². The summed E-state index contributed by atoms with van der Waals surface area (Å²) >= 11 is 0. The van der Waals surface area contributed by atoms with E-state index in [9.17, 15) is 9.59 Å². The predicted octanol–water partition coefficient (Wildman–Crippen LogP) is 2.56. The van der Waals surface area contributed by atoms with Crippen LogP contribution in [0.5, 0.6) is 0 Å². The summed E-state index contributed by atoms with van der Waals surface area (Å²) < 4.78 is 5.23. The Balaban J connectivity index is 1.81. The Morgan fingerprint density at radius 3 is 2.68 bits per heavy atom. The molecule has 1 N–H and O–H groups in total. The SMILES string of the molecule is CCC(=O)N1CC(C)CC(NC(=O)OCc2ccccc2)C1. The highest BCUT2D eigenvalue weighted by molar-refractivity contribution is 5.76. The van der Waals surface area contributed by atoms with E-state index < -0.39 is 6.09 Å². The molecule has 5 heteroatoms. The minimum atomic E-state index is -0.424. The lowest BCUT2D eigenvalue weighted by Crippen LogP contribution is -2.52. The summed E-state index contributed by atoms with van der Waals surface area (Å²) in [6.07, 6.45) is 0.943. The third-order valence-electron chi connectivity index (χ3n) is 3.85. The number of benzene rings is 1. The highest BCUT2D eigenvalue weighted by Gasteiger charge is 2.28. The Morgan fingerprint density at radius 1 is 1.27 bits per heavy atom. The second-order valence-corrected chi connectivity index (χ2v) is 5.90. The first-order chi connectivity index (χ1) is 10.6. The fourth-order valence-corrected chi connectivity index (χ4v) is 2.81. The number of amides is 2. The Kier molecular flexibility index (Phi) is 5.81. The molecule has 0 spiro atoms. The van der Waals surface area contributed by atoms with E-state index in [4.69, 9.17) is 4.74 Å². The van der Waals surface area contributed by atoms with E-state index in [-0.39, 0.29) is 18.6 Å². The molecule has 2 amide bonds. The van der Waals surface area contributed by atoms with Gasteiger partial charge in [-0.05, 0) is 17.9 Å². The van der Waals surface area contributed by atoms with Crippen LogP contribution in [0.25, 0.3) is 0 Å². The summed E-state index contributed by atoms with van der Waals surface area (Å²) in [4.78, 5) is 25.6. The zero-order chi connectivity index (χ0) is 15.9. The average molecular weight is 304 g/mol. The topological polar surface area (TPSA) is 58.6 Å². The number of nitrogens with zero attached hydrogens (tertiary/aromatic N) is 1. The molecule has 1 heterocycles. The van der Waals surface area contributed by atoms with Gasteiger partial charge in [-0.25, -0.2) is 4.79 Å². The highest BCUT2D eigenvalue weighted by Crippen LogP contribution is 2.17. The quantitative estimate of drug-likeness (QED) is 0.930. The number of carbonyl (C=O) groups excluding carboxylic acids is 2. The molecule has 0 bridgehead atoms. The summed E-state index contributed by atoms with van der Waals surface area (Å²) in [6, 6.07) is 9.53. The second kappa shape index (κ2) is 7.82. The molecule has 1 aliphatic rings. The first-order valence-corrected chi connectivity index (χ1v) is 7.83. The largest absolute Gasteiger partial charge is 0.445 e. The van der Waals surface area contributed by atoms with Crippen LogP contribution in [0.1, 0.15) is 32.3 Å². The van der Waals surface area contributed by atoms with Crippen molar-refractivity contribution in [3.63, 3.8) is 0 Å². The van der Waals surface area contributed by atoms with Crippen molar-refractivity contribution < 1.29 is 14.3 Å². The zero-order valence-electron chi connectivity index (χ0n) is 13.2. The molecule has 1 aromatic rings. The summed E-state index contributed by atoms with van der Waals surface area (Å²) in [5.74, 6) is 0.514. The minimum Gasteiger partial charge on any atom is -0.445 e. The molecule has 2 unspecified atom stereocenters. The van der Waals surface area contributed by atoms with Gasteiger partial charge in [-0.1, -0.05) is 44.2 Å². The maximum absolute atomic E-state index is 11.9. The summed E-state index contributed by atoms with van der Waals surface area (Å²) in [5.41, 5.74) is 0.956. The molecule has 0 aliphatic carbocycles. The van der Waals surface area contributed by atoms with Gasteiger partial charge in [-0.2, -0.15) is 0 Å². The molecule has 0 aromatic heterocycles. The Hall–Kier alpha value is -2.04. The number of alkyl carbamates (subject to hydrolysis) is 1. The van der Waals surface area contributed by atoms with Gasteiger partial charge < -0.3 is 15.0 Å². The summed E-state index contributed by atoms with van der Waals surface area (Å²) in [7, 11) is 0. The Morgan fingerprint density at radius 2 is 2.00 bits per heavy atom. The van der Waals surface area contributed by atoms with Crippen molar-refractivity contribution in [1.82, 2.24) is 10.2 Å². The number of piperidine rings is 1. The fraction of sp³-hybridized carbons (Fsp3) is 0.529. The van der Waals surface area contributed by atoms with Gasteiger partial charge in [0.15, 0.2) is 0 Å². The average Bonchev–Trinajstić information content (AvgIpc) is 2.52. The van der Waals surface area contributed by atoms with Crippen LogP contribution in [0.4, 0.5) is 4.79 Å². The van der Waals surface area contributed by atoms with Gasteiger partial charge in [0, 0.05) is 19.5 Å². The number of nitrogens with one attached hydrogen (secondary N) is 1. The van der Waals surface area contributed by atoms with Crippen molar-refractivity contribution in [2.75, 3.05) is 13.1 Å². The molecule has 1 saturated heterocycles. The van der Waals surface area contributed by atoms with E-state index in [0.717, 1.165) is 18.5 Å². The maximum Gasteiger partial charge on any atom is 0.407 e. The van der Waals surface area contributed by atoms with Crippen LogP contribution in [0.15, 0.2) is 30.3 Å². The molecular weight excluding hydrogens is 280 g/mol. The lowest BCUT2D eigenvalue weighted by atomic mass is 9.96. The molecule has 120 valence electrons. The Labute approximate surface area is 131 Å². The molecule has 0 radical (unpaired) electrons. The zero-order valence-corrected chi connectivity index (χ0v) is 13.2. The first kappa shape index (κ1) is 16.3. The third-order valence-corrected chi connectivity index (χ3v) is 3.85. The molecule has 2 atom stereocenters. The van der Waals surface area contributed by atoms with Gasteiger partial charge in [0.25, 0.3) is 0 Å². The number of hydrogen-bond acceptors (Lipinski definition) is 3. The van der Waals surface area contributed by atoms with Gasteiger partial charge in [-0.15, -0.1) is 0 Å². The molecule has 5 nitrogen and oxygen atoms in total. The maximum atomic E-state index is 11.9. The molecule has 22 heavy (non-hydrogen) atoms. The lowest BCUT2D eigenvalue weighted by molar-refractivity contribution is -0.133. The van der Waals surface area contributed by atoms with E-state index >= 15 is 0 Å². The molecule has 1 fully saturated rings. The van der Waals surface area contributed by atoms with Gasteiger partial charge in [0.05, 0.1) is 6.04 Å². The number of hydrogen-bond donors (Lipinski definition) is 1. The highest BCUT2D eigenvalue weighted by atomic mass is 16.5. The van der Waals surface area contributed by atoms with E-state index in [2.05, 4.69) is 12.2 Å². The number of likely N-dealkylation sites (tertiary alicyclic amines) is 1. The van der Waals surface area contributed by atoms with Gasteiger partial charge in [0.1, 0.15) is 6.61 Å². The normalized spacial score (nSPS) is 21.3. The van der Waals surface area contributed by atoms with E-state index in [1.807, 2.05) is 42.2 Å². The van der Waals surface area contributed by atoms with Crippen LogP contribution in [-0.4, -0.2) is 36.0 Å². The van der Waals surface area contributed by atoms with Gasteiger partial charge in [-0.3, -0.25) is 4.79 Å². The summed E-state index contributed by atoms with van der Waals surface area (Å²) in [6.45, 7) is 5.55. The van der Waals surface area contributed by atoms with Crippen LogP contribution in [0.2, 0.25) is 0 Å². The molecule has 1 aliphatic heterocycles. The second-order valence-electron chi connectivity index (χ2n) is 5.90. The van der Waals surface area contributed by atoms with Crippen LogP contribution in [-0.2, 0) is 16.1 Å². The first-order valence-electron chi connectivity index (χ1n) is 7.83. The molecule has 1 aromatic carbocycles. The predicted molar refractivity (Wildman–Crippen MR) is 84.2 cm³/mol. The fourth-order valence-electron chi connectivity index (χ4n) is 2.81. The monoisotopic (exact) mass is 304 g/mol. The van der Waals surface area contributed by atoms with Crippen molar-refractivity contribution in [3.05, 3.63) is 35.9 Å². The van der Waals surface area contributed by atoms with Gasteiger partial charge in [0.2, 0.25) is 5.91 Å². The van der Waals surface area contributed by atoms with Crippen molar-refractivity contribution in [1.29, 1.82) is 0 Å². The van der Waals surface area contributed by atoms with Crippen molar-refractivity contribution in [2.24, 2.45) is 5.92 Å².